The van der Waals surface area contributed by atoms with Crippen molar-refractivity contribution in [2.45, 2.75) is 19.9 Å². The molecule has 0 bridgehead atoms. The minimum Gasteiger partial charge on any atom is -0.460 e. The highest BCUT2D eigenvalue weighted by Gasteiger charge is 2.17. The Kier molecular flexibility index (Phi) is 1.78. The zero-order valence-electron chi connectivity index (χ0n) is 9.40. The molecule has 3 rings (SSSR count). The Morgan fingerprint density at radius 2 is 2.00 bits per heavy atom. The fraction of sp³-hybridized carbons (Fsp3) is 0.231. The van der Waals surface area contributed by atoms with Crippen LogP contribution < -0.4 is 5.73 Å². The van der Waals surface area contributed by atoms with Gasteiger partial charge in [-0.05, 0) is 26.0 Å². The topological polar surface area (TPSA) is 44.1 Å². The first-order valence-corrected chi connectivity index (χ1v) is 5.45. The van der Waals surface area contributed by atoms with Crippen molar-refractivity contribution in [1.82, 2.24) is 4.57 Å². The van der Waals surface area contributed by atoms with Gasteiger partial charge in [0.15, 0.2) is 5.58 Å². The van der Waals surface area contributed by atoms with Gasteiger partial charge in [-0.3, -0.25) is 0 Å². The average Bonchev–Trinajstić information content (AvgIpc) is 2.77. The quantitative estimate of drug-likeness (QED) is 0.673. The summed E-state index contributed by atoms with van der Waals surface area (Å²) in [4.78, 5) is 0. The number of benzene rings is 1. The van der Waals surface area contributed by atoms with E-state index in [4.69, 9.17) is 10.2 Å². The van der Waals surface area contributed by atoms with Gasteiger partial charge >= 0.3 is 0 Å². The van der Waals surface area contributed by atoms with Crippen molar-refractivity contribution in [3.63, 3.8) is 0 Å². The molecule has 0 saturated carbocycles. The van der Waals surface area contributed by atoms with Gasteiger partial charge in [0.25, 0.3) is 0 Å². The summed E-state index contributed by atoms with van der Waals surface area (Å²) in [6.07, 6.45) is 1.62. The number of nitrogens with two attached hydrogens (primary N) is 1. The molecule has 0 aliphatic carbocycles. The number of para-hydroxylation sites is 1. The van der Waals surface area contributed by atoms with E-state index in [2.05, 4.69) is 30.5 Å². The predicted octanol–water partition coefficient (Wildman–Crippen LogP) is 3.55. The summed E-state index contributed by atoms with van der Waals surface area (Å²) in [5, 5.41) is 1.13. The molecule has 0 saturated heterocycles. The fourth-order valence-corrected chi connectivity index (χ4v) is 2.34. The lowest BCUT2D eigenvalue weighted by atomic mass is 10.2. The lowest BCUT2D eigenvalue weighted by Gasteiger charge is -2.10. The number of nitrogens with zero attached hydrogens (tertiary/aromatic N) is 1. The molecule has 0 unspecified atom stereocenters. The summed E-state index contributed by atoms with van der Waals surface area (Å²) in [6, 6.07) is 8.59. The van der Waals surface area contributed by atoms with E-state index in [-0.39, 0.29) is 0 Å². The summed E-state index contributed by atoms with van der Waals surface area (Å²) in [6.45, 7) is 4.30. The number of furan rings is 1. The van der Waals surface area contributed by atoms with E-state index in [1.54, 1.807) is 6.26 Å². The van der Waals surface area contributed by atoms with Gasteiger partial charge in [0.1, 0.15) is 11.8 Å². The maximum absolute atomic E-state index is 5.96. The Morgan fingerprint density at radius 3 is 2.75 bits per heavy atom. The number of rotatable bonds is 1. The van der Waals surface area contributed by atoms with Crippen LogP contribution in [0.2, 0.25) is 0 Å². The Hall–Kier alpha value is -1.90. The van der Waals surface area contributed by atoms with E-state index in [1.807, 2.05) is 12.1 Å². The molecular formula is C13H14N2O. The minimum atomic E-state index is 0.363. The Bertz CT molecular complexity index is 661. The van der Waals surface area contributed by atoms with Crippen molar-refractivity contribution < 1.29 is 4.42 Å². The molecule has 0 radical (unpaired) electrons. The van der Waals surface area contributed by atoms with Crippen LogP contribution in [0.1, 0.15) is 19.9 Å². The first-order chi connectivity index (χ1) is 7.70. The maximum Gasteiger partial charge on any atom is 0.161 e. The molecule has 16 heavy (non-hydrogen) atoms. The molecular weight excluding hydrogens is 200 g/mol. The largest absolute Gasteiger partial charge is 0.460 e. The van der Waals surface area contributed by atoms with E-state index in [0.717, 1.165) is 16.5 Å². The van der Waals surface area contributed by atoms with Gasteiger partial charge in [-0.25, -0.2) is 0 Å². The maximum atomic E-state index is 5.96. The van der Waals surface area contributed by atoms with E-state index >= 15 is 0 Å². The van der Waals surface area contributed by atoms with Gasteiger partial charge < -0.3 is 14.7 Å². The second kappa shape index (κ2) is 3.04. The summed E-state index contributed by atoms with van der Waals surface area (Å²) in [7, 11) is 0. The van der Waals surface area contributed by atoms with Crippen LogP contribution in [0.4, 0.5) is 5.69 Å². The van der Waals surface area contributed by atoms with Gasteiger partial charge in [0.05, 0.1) is 11.2 Å². The van der Waals surface area contributed by atoms with Gasteiger partial charge in [-0.2, -0.15) is 0 Å². The highest BCUT2D eigenvalue weighted by Crippen LogP contribution is 2.35. The van der Waals surface area contributed by atoms with Crippen molar-refractivity contribution in [2.75, 3.05) is 5.73 Å². The van der Waals surface area contributed by atoms with E-state index < -0.39 is 0 Å². The first-order valence-electron chi connectivity index (χ1n) is 5.45. The lowest BCUT2D eigenvalue weighted by molar-refractivity contribution is 0.618. The van der Waals surface area contributed by atoms with Crippen LogP contribution in [0, 0.1) is 0 Å². The molecule has 0 atom stereocenters. The van der Waals surface area contributed by atoms with Gasteiger partial charge in [-0.1, -0.05) is 12.1 Å². The summed E-state index contributed by atoms with van der Waals surface area (Å²) >= 11 is 0. The van der Waals surface area contributed by atoms with E-state index in [9.17, 15) is 0 Å². The van der Waals surface area contributed by atoms with Crippen LogP contribution in [0.5, 0.6) is 0 Å². The highest BCUT2D eigenvalue weighted by molar-refractivity contribution is 6.08. The molecule has 2 aromatic heterocycles. The van der Waals surface area contributed by atoms with Crippen LogP contribution in [-0.4, -0.2) is 4.57 Å². The highest BCUT2D eigenvalue weighted by atomic mass is 16.3. The smallest absolute Gasteiger partial charge is 0.161 e. The zero-order valence-corrected chi connectivity index (χ0v) is 9.40. The summed E-state index contributed by atoms with van der Waals surface area (Å²) in [5.41, 5.74) is 9.75. The van der Waals surface area contributed by atoms with Crippen molar-refractivity contribution in [1.29, 1.82) is 0 Å². The monoisotopic (exact) mass is 214 g/mol. The van der Waals surface area contributed by atoms with E-state index in [1.165, 1.54) is 5.52 Å². The molecule has 3 heteroatoms. The van der Waals surface area contributed by atoms with Crippen LogP contribution in [0.15, 0.2) is 34.9 Å². The van der Waals surface area contributed by atoms with Crippen molar-refractivity contribution >= 4 is 27.7 Å². The number of hydrogen-bond acceptors (Lipinski definition) is 2. The van der Waals surface area contributed by atoms with Gasteiger partial charge in [0.2, 0.25) is 0 Å². The van der Waals surface area contributed by atoms with Gasteiger partial charge in [0, 0.05) is 11.4 Å². The Labute approximate surface area is 93.4 Å². The van der Waals surface area contributed by atoms with Crippen molar-refractivity contribution in [2.24, 2.45) is 0 Å². The molecule has 0 aliphatic rings. The third-order valence-electron chi connectivity index (χ3n) is 2.96. The lowest BCUT2D eigenvalue weighted by Crippen LogP contribution is -2.00. The Morgan fingerprint density at radius 1 is 1.25 bits per heavy atom. The average molecular weight is 214 g/mol. The first kappa shape index (κ1) is 9.33. The van der Waals surface area contributed by atoms with Crippen molar-refractivity contribution in [3.8, 4) is 0 Å². The van der Waals surface area contributed by atoms with Crippen LogP contribution in [-0.2, 0) is 0 Å². The third kappa shape index (κ3) is 1.03. The Balaban J connectivity index is 2.60. The fourth-order valence-electron chi connectivity index (χ4n) is 2.34. The second-order valence-electron chi connectivity index (χ2n) is 4.35. The molecule has 0 spiro atoms. The number of fused-ring (bicyclic) bond motifs is 3. The summed E-state index contributed by atoms with van der Waals surface area (Å²) < 4.78 is 7.77. The number of nitrogen functional groups attached to an aromatic ring is 1. The van der Waals surface area contributed by atoms with Crippen LogP contribution >= 0.6 is 0 Å². The van der Waals surface area contributed by atoms with Crippen molar-refractivity contribution in [3.05, 3.63) is 30.5 Å². The molecule has 2 heterocycles. The van der Waals surface area contributed by atoms with Crippen LogP contribution in [0.25, 0.3) is 22.0 Å². The molecule has 0 amide bonds. The molecule has 3 aromatic rings. The molecule has 3 nitrogen and oxygen atoms in total. The number of aromatic nitrogens is 1. The molecule has 1 aromatic carbocycles. The minimum absolute atomic E-state index is 0.363. The molecule has 0 fully saturated rings. The zero-order chi connectivity index (χ0) is 11.3. The second-order valence-corrected chi connectivity index (χ2v) is 4.35. The van der Waals surface area contributed by atoms with Gasteiger partial charge in [-0.15, -0.1) is 0 Å². The standard InChI is InChI=1S/C13H14N2O/c1-8(2)15-11-6-4-3-5-9(11)13-12(15)10(14)7-16-13/h3-8H,14H2,1-2H3. The third-order valence-corrected chi connectivity index (χ3v) is 2.96. The summed E-state index contributed by atoms with van der Waals surface area (Å²) in [5.74, 6) is 0. The predicted molar refractivity (Wildman–Crippen MR) is 66.5 cm³/mol. The van der Waals surface area contributed by atoms with E-state index in [0.29, 0.717) is 11.7 Å². The van der Waals surface area contributed by atoms with Crippen LogP contribution in [0.3, 0.4) is 0 Å². The molecule has 2 N–H and O–H groups in total. The molecule has 0 aliphatic heterocycles. The molecule has 82 valence electrons. The number of hydrogen-bond donors (Lipinski definition) is 1. The SMILES string of the molecule is CC(C)n1c2ccccc2c2occ(N)c21. The normalized spacial score (nSPS) is 11.9. The number of anilines is 1.